The first-order valence-electron chi connectivity index (χ1n) is 8.57. The van der Waals surface area contributed by atoms with Crippen LogP contribution in [0.2, 0.25) is 0 Å². The molecular weight excluding hydrogens is 330 g/mol. The zero-order valence-electron chi connectivity index (χ0n) is 15.0. The van der Waals surface area contributed by atoms with E-state index in [9.17, 15) is 9.59 Å². The molecule has 0 bridgehead atoms. The number of nitrogens with one attached hydrogen (secondary N) is 1. The second-order valence-corrected chi connectivity index (χ2v) is 6.48. The average molecular weight is 353 g/mol. The van der Waals surface area contributed by atoms with Gasteiger partial charge in [0.2, 0.25) is 11.8 Å². The van der Waals surface area contributed by atoms with Crippen molar-refractivity contribution in [2.75, 3.05) is 30.4 Å². The first kappa shape index (κ1) is 17.8. The standard InChI is InChI=1S/C20H23N3O3/c1-13-7-8-18(26-2)16(11-13)22-19(24)12-23-10-9-15(20(21)25)14-5-3-4-6-17(14)23/h3-8,11,15H,9-10,12H2,1-2H3,(H2,21,25)(H,22,24)/t15-/m1/s1. The molecule has 0 saturated heterocycles. The summed E-state index contributed by atoms with van der Waals surface area (Å²) in [5.74, 6) is -0.147. The number of methoxy groups -OCH3 is 1. The third-order valence-corrected chi connectivity index (χ3v) is 4.65. The smallest absolute Gasteiger partial charge is 0.243 e. The number of nitrogens with zero attached hydrogens (tertiary/aromatic N) is 1. The SMILES string of the molecule is COc1ccc(C)cc1NC(=O)CN1CC[C@@H](C(N)=O)c2ccccc21. The normalized spacial score (nSPS) is 15.9. The number of hydrogen-bond acceptors (Lipinski definition) is 4. The highest BCUT2D eigenvalue weighted by Gasteiger charge is 2.29. The molecule has 3 N–H and O–H groups in total. The minimum Gasteiger partial charge on any atom is -0.495 e. The molecule has 6 heteroatoms. The van der Waals surface area contributed by atoms with Crippen LogP contribution in [-0.4, -0.2) is 32.0 Å². The fourth-order valence-electron chi connectivity index (χ4n) is 3.37. The number of carbonyl (C=O) groups is 2. The van der Waals surface area contributed by atoms with Crippen LogP contribution in [0.5, 0.6) is 5.75 Å². The number of nitrogens with two attached hydrogens (primary N) is 1. The van der Waals surface area contributed by atoms with Crippen molar-refractivity contribution in [1.82, 2.24) is 0 Å². The molecular formula is C20H23N3O3. The van der Waals surface area contributed by atoms with E-state index in [1.54, 1.807) is 7.11 Å². The van der Waals surface area contributed by atoms with Gasteiger partial charge < -0.3 is 20.7 Å². The third-order valence-electron chi connectivity index (χ3n) is 4.65. The number of fused-ring (bicyclic) bond motifs is 1. The van der Waals surface area contributed by atoms with E-state index in [0.29, 0.717) is 24.4 Å². The molecule has 1 aliphatic heterocycles. The van der Waals surface area contributed by atoms with Crippen molar-refractivity contribution >= 4 is 23.2 Å². The van der Waals surface area contributed by atoms with Crippen LogP contribution in [0.4, 0.5) is 11.4 Å². The lowest BCUT2D eigenvalue weighted by Gasteiger charge is -2.34. The molecule has 6 nitrogen and oxygen atoms in total. The van der Waals surface area contributed by atoms with Crippen LogP contribution in [0.25, 0.3) is 0 Å². The van der Waals surface area contributed by atoms with Crippen molar-refractivity contribution in [1.29, 1.82) is 0 Å². The van der Waals surface area contributed by atoms with Crippen molar-refractivity contribution in [3.8, 4) is 5.75 Å². The fourth-order valence-corrected chi connectivity index (χ4v) is 3.37. The van der Waals surface area contributed by atoms with Crippen molar-refractivity contribution in [3.05, 3.63) is 53.6 Å². The Bertz CT molecular complexity index is 835. The minimum atomic E-state index is -0.328. The van der Waals surface area contributed by atoms with Gasteiger partial charge in [0.15, 0.2) is 0 Å². The highest BCUT2D eigenvalue weighted by molar-refractivity contribution is 5.96. The molecule has 1 atom stereocenters. The number of anilines is 2. The molecule has 0 aromatic heterocycles. The molecule has 0 unspecified atom stereocenters. The number of rotatable bonds is 5. The highest BCUT2D eigenvalue weighted by Crippen LogP contribution is 2.35. The summed E-state index contributed by atoms with van der Waals surface area (Å²) in [5, 5.41) is 2.92. The fraction of sp³-hybridized carbons (Fsp3) is 0.300. The first-order valence-corrected chi connectivity index (χ1v) is 8.57. The Labute approximate surface area is 152 Å². The average Bonchev–Trinajstić information content (AvgIpc) is 2.62. The van der Waals surface area contributed by atoms with E-state index in [1.165, 1.54) is 0 Å². The summed E-state index contributed by atoms with van der Waals surface area (Å²) in [6.07, 6.45) is 0.605. The summed E-state index contributed by atoms with van der Waals surface area (Å²) in [7, 11) is 1.57. The number of carbonyl (C=O) groups excluding carboxylic acids is 2. The van der Waals surface area contributed by atoms with E-state index < -0.39 is 0 Å². The third kappa shape index (κ3) is 3.64. The minimum absolute atomic E-state index is 0.138. The highest BCUT2D eigenvalue weighted by atomic mass is 16.5. The molecule has 2 aromatic carbocycles. The number of hydrogen-bond donors (Lipinski definition) is 2. The lowest BCUT2D eigenvalue weighted by atomic mass is 9.89. The van der Waals surface area contributed by atoms with Gasteiger partial charge in [0, 0.05) is 12.2 Å². The van der Waals surface area contributed by atoms with Gasteiger partial charge in [-0.15, -0.1) is 0 Å². The Morgan fingerprint density at radius 3 is 2.77 bits per heavy atom. The maximum absolute atomic E-state index is 12.6. The van der Waals surface area contributed by atoms with Crippen LogP contribution in [0, 0.1) is 6.92 Å². The maximum atomic E-state index is 12.6. The van der Waals surface area contributed by atoms with Crippen LogP contribution in [0.15, 0.2) is 42.5 Å². The molecule has 3 rings (SSSR count). The van der Waals surface area contributed by atoms with Crippen molar-refractivity contribution in [2.24, 2.45) is 5.73 Å². The summed E-state index contributed by atoms with van der Waals surface area (Å²) < 4.78 is 5.31. The predicted molar refractivity (Wildman–Crippen MR) is 102 cm³/mol. The van der Waals surface area contributed by atoms with Crippen LogP contribution < -0.4 is 20.7 Å². The van der Waals surface area contributed by atoms with Gasteiger partial charge in [0.1, 0.15) is 5.75 Å². The number of primary amides is 1. The van der Waals surface area contributed by atoms with E-state index in [4.69, 9.17) is 10.5 Å². The number of aryl methyl sites for hydroxylation is 1. The zero-order chi connectivity index (χ0) is 18.7. The summed E-state index contributed by atoms with van der Waals surface area (Å²) in [6.45, 7) is 2.75. The molecule has 1 aliphatic rings. The molecule has 0 aliphatic carbocycles. The van der Waals surface area contributed by atoms with E-state index in [-0.39, 0.29) is 24.3 Å². The molecule has 2 amide bonds. The van der Waals surface area contributed by atoms with Gasteiger partial charge in [-0.2, -0.15) is 0 Å². The second-order valence-electron chi connectivity index (χ2n) is 6.48. The number of amides is 2. The molecule has 136 valence electrons. The Morgan fingerprint density at radius 1 is 1.27 bits per heavy atom. The van der Waals surface area contributed by atoms with Crippen LogP contribution in [-0.2, 0) is 9.59 Å². The molecule has 0 saturated carbocycles. The second kappa shape index (κ2) is 7.47. The van der Waals surface area contributed by atoms with E-state index in [2.05, 4.69) is 5.32 Å². The van der Waals surface area contributed by atoms with Gasteiger partial charge in [-0.25, -0.2) is 0 Å². The number of benzene rings is 2. The van der Waals surface area contributed by atoms with Gasteiger partial charge >= 0.3 is 0 Å². The van der Waals surface area contributed by atoms with E-state index in [0.717, 1.165) is 16.8 Å². The van der Waals surface area contributed by atoms with Crippen molar-refractivity contribution in [2.45, 2.75) is 19.3 Å². The first-order chi connectivity index (χ1) is 12.5. The molecule has 0 fully saturated rings. The van der Waals surface area contributed by atoms with Crippen molar-refractivity contribution in [3.63, 3.8) is 0 Å². The summed E-state index contributed by atoms with van der Waals surface area (Å²) in [5.41, 5.74) is 8.98. The van der Waals surface area contributed by atoms with Crippen molar-refractivity contribution < 1.29 is 14.3 Å². The Balaban J connectivity index is 1.77. The molecule has 2 aromatic rings. The number of ether oxygens (including phenoxy) is 1. The summed E-state index contributed by atoms with van der Waals surface area (Å²) >= 11 is 0. The van der Waals surface area contributed by atoms with Gasteiger partial charge in [-0.05, 0) is 42.7 Å². The Hall–Kier alpha value is -3.02. The monoisotopic (exact) mass is 353 g/mol. The van der Waals surface area contributed by atoms with Gasteiger partial charge in [0.05, 0.1) is 25.3 Å². The molecule has 26 heavy (non-hydrogen) atoms. The van der Waals surface area contributed by atoms with Gasteiger partial charge in [-0.3, -0.25) is 9.59 Å². The molecule has 1 heterocycles. The Kier molecular flexibility index (Phi) is 5.11. The van der Waals surface area contributed by atoms with Gasteiger partial charge in [-0.1, -0.05) is 24.3 Å². The van der Waals surface area contributed by atoms with Crippen LogP contribution in [0.3, 0.4) is 0 Å². The quantitative estimate of drug-likeness (QED) is 0.864. The summed E-state index contributed by atoms with van der Waals surface area (Å²) in [6, 6.07) is 13.2. The van der Waals surface area contributed by atoms with E-state index >= 15 is 0 Å². The Morgan fingerprint density at radius 2 is 2.04 bits per heavy atom. The largest absolute Gasteiger partial charge is 0.495 e. The lowest BCUT2D eigenvalue weighted by Crippen LogP contribution is -2.40. The lowest BCUT2D eigenvalue weighted by molar-refractivity contribution is -0.119. The van der Waals surface area contributed by atoms with E-state index in [1.807, 2.05) is 54.3 Å². The van der Waals surface area contributed by atoms with Crippen LogP contribution >= 0.6 is 0 Å². The van der Waals surface area contributed by atoms with Crippen LogP contribution in [0.1, 0.15) is 23.5 Å². The topological polar surface area (TPSA) is 84.7 Å². The van der Waals surface area contributed by atoms with Gasteiger partial charge in [0.25, 0.3) is 0 Å². The molecule has 0 spiro atoms. The number of para-hydroxylation sites is 1. The summed E-state index contributed by atoms with van der Waals surface area (Å²) in [4.78, 5) is 26.3. The zero-order valence-corrected chi connectivity index (χ0v) is 15.0. The predicted octanol–water partition coefficient (Wildman–Crippen LogP) is 2.42. The maximum Gasteiger partial charge on any atom is 0.243 e. The molecule has 0 radical (unpaired) electrons.